The zero-order valence-electron chi connectivity index (χ0n) is 14.2. The van der Waals surface area contributed by atoms with Gasteiger partial charge in [0.05, 0.1) is 6.61 Å². The molecule has 2 nitrogen and oxygen atoms in total. The Morgan fingerprint density at radius 2 is 1.70 bits per heavy atom. The minimum Gasteiger partial charge on any atom is -0.465 e. The monoisotopic (exact) mass is 284 g/mol. The van der Waals surface area contributed by atoms with E-state index in [1.54, 1.807) is 0 Å². The van der Waals surface area contributed by atoms with Crippen LogP contribution in [0.5, 0.6) is 0 Å². The van der Waals surface area contributed by atoms with Gasteiger partial charge in [-0.15, -0.1) is 0 Å². The number of carbonyl (C=O) groups is 1. The number of rotatable bonds is 13. The molecule has 0 aromatic heterocycles. The Labute approximate surface area is 126 Å². The molecule has 0 aliphatic carbocycles. The third-order valence-electron chi connectivity index (χ3n) is 4.17. The lowest BCUT2D eigenvalue weighted by Crippen LogP contribution is -2.14. The molecule has 0 aromatic carbocycles. The second-order valence-electron chi connectivity index (χ2n) is 6.24. The smallest absolute Gasteiger partial charge is 0.305 e. The molecule has 0 spiro atoms. The van der Waals surface area contributed by atoms with Gasteiger partial charge in [0.25, 0.3) is 0 Å². The number of ether oxygens (including phenoxy) is 1. The summed E-state index contributed by atoms with van der Waals surface area (Å²) in [6.45, 7) is 9.53. The van der Waals surface area contributed by atoms with E-state index in [0.717, 1.165) is 18.8 Å². The zero-order chi connectivity index (χ0) is 15.2. The van der Waals surface area contributed by atoms with E-state index < -0.39 is 0 Å². The molecule has 0 amide bonds. The van der Waals surface area contributed by atoms with Crippen molar-refractivity contribution in [3.63, 3.8) is 0 Å². The van der Waals surface area contributed by atoms with Crippen LogP contribution in [0, 0.1) is 11.8 Å². The van der Waals surface area contributed by atoms with Gasteiger partial charge < -0.3 is 4.74 Å². The molecule has 0 heterocycles. The second-order valence-corrected chi connectivity index (χ2v) is 6.24. The van der Waals surface area contributed by atoms with E-state index >= 15 is 0 Å². The number of unbranched alkanes of at least 4 members (excludes halogenated alkanes) is 2. The van der Waals surface area contributed by atoms with Gasteiger partial charge in [0, 0.05) is 6.42 Å². The van der Waals surface area contributed by atoms with Crippen molar-refractivity contribution < 1.29 is 9.53 Å². The van der Waals surface area contributed by atoms with E-state index in [9.17, 15) is 4.79 Å². The minimum absolute atomic E-state index is 0.00453. The predicted molar refractivity (Wildman–Crippen MR) is 86.8 cm³/mol. The summed E-state index contributed by atoms with van der Waals surface area (Å²) < 4.78 is 5.46. The molecule has 2 unspecified atom stereocenters. The third-order valence-corrected chi connectivity index (χ3v) is 4.17. The zero-order valence-corrected chi connectivity index (χ0v) is 14.2. The number of hydrogen-bond acceptors (Lipinski definition) is 2. The van der Waals surface area contributed by atoms with E-state index in [1.165, 1.54) is 44.9 Å². The maximum absolute atomic E-state index is 11.7. The summed E-state index contributed by atoms with van der Waals surface area (Å²) in [5.74, 6) is 1.31. The largest absolute Gasteiger partial charge is 0.465 e. The summed E-state index contributed by atoms with van der Waals surface area (Å²) in [7, 11) is 0. The molecule has 0 rings (SSSR count). The molecule has 20 heavy (non-hydrogen) atoms. The lowest BCUT2D eigenvalue weighted by molar-refractivity contribution is -0.145. The van der Waals surface area contributed by atoms with E-state index in [0.29, 0.717) is 18.9 Å². The molecule has 0 aromatic rings. The first-order valence-corrected chi connectivity index (χ1v) is 8.79. The molecule has 0 fully saturated rings. The van der Waals surface area contributed by atoms with Gasteiger partial charge in [0.1, 0.15) is 0 Å². The molecule has 0 bridgehead atoms. The van der Waals surface area contributed by atoms with Crippen molar-refractivity contribution in [1.82, 2.24) is 0 Å². The standard InChI is InChI=1S/C18H36O2/c1-5-8-9-13-17(11-6-2)15-20-18(19)14-10-12-16(4)7-3/h16-17H,5-15H2,1-4H3. The summed E-state index contributed by atoms with van der Waals surface area (Å²) in [4.78, 5) is 11.7. The van der Waals surface area contributed by atoms with Crippen LogP contribution in [0.2, 0.25) is 0 Å². The van der Waals surface area contributed by atoms with Gasteiger partial charge in [-0.3, -0.25) is 4.79 Å². The van der Waals surface area contributed by atoms with Crippen LogP contribution in [0.4, 0.5) is 0 Å². The van der Waals surface area contributed by atoms with Crippen LogP contribution in [0.15, 0.2) is 0 Å². The van der Waals surface area contributed by atoms with Gasteiger partial charge in [0.2, 0.25) is 0 Å². The second kappa shape index (κ2) is 13.5. The highest BCUT2D eigenvalue weighted by molar-refractivity contribution is 5.69. The van der Waals surface area contributed by atoms with Crippen LogP contribution in [0.25, 0.3) is 0 Å². The van der Waals surface area contributed by atoms with Gasteiger partial charge in [-0.05, 0) is 31.1 Å². The first kappa shape index (κ1) is 19.5. The van der Waals surface area contributed by atoms with Crippen LogP contribution < -0.4 is 0 Å². The maximum Gasteiger partial charge on any atom is 0.305 e. The maximum atomic E-state index is 11.7. The first-order chi connectivity index (χ1) is 9.63. The van der Waals surface area contributed by atoms with Gasteiger partial charge in [-0.1, -0.05) is 66.2 Å². The molecule has 2 atom stereocenters. The van der Waals surface area contributed by atoms with E-state index in [2.05, 4.69) is 27.7 Å². The van der Waals surface area contributed by atoms with Crippen LogP contribution in [-0.2, 0) is 9.53 Å². The van der Waals surface area contributed by atoms with Crippen molar-refractivity contribution in [3.05, 3.63) is 0 Å². The quantitative estimate of drug-likeness (QED) is 0.318. The van der Waals surface area contributed by atoms with Gasteiger partial charge >= 0.3 is 5.97 Å². The molecule has 0 aliphatic heterocycles. The molecule has 0 radical (unpaired) electrons. The Kier molecular flexibility index (Phi) is 13.1. The topological polar surface area (TPSA) is 26.3 Å². The summed E-state index contributed by atoms with van der Waals surface area (Å²) in [6.07, 6.45) is 11.3. The van der Waals surface area contributed by atoms with Crippen LogP contribution >= 0.6 is 0 Å². The average Bonchev–Trinajstić information content (AvgIpc) is 2.44. The molecule has 0 saturated heterocycles. The highest BCUT2D eigenvalue weighted by atomic mass is 16.5. The van der Waals surface area contributed by atoms with E-state index in [4.69, 9.17) is 4.74 Å². The summed E-state index contributed by atoms with van der Waals surface area (Å²) in [5.41, 5.74) is 0. The Bertz CT molecular complexity index is 225. The molecule has 2 heteroatoms. The molecule has 0 saturated carbocycles. The molecule has 120 valence electrons. The van der Waals surface area contributed by atoms with E-state index in [-0.39, 0.29) is 5.97 Å². The normalized spacial score (nSPS) is 14.0. The third kappa shape index (κ3) is 11.3. The Hall–Kier alpha value is -0.530. The van der Waals surface area contributed by atoms with Crippen molar-refractivity contribution in [2.24, 2.45) is 11.8 Å². The molecule has 0 aliphatic rings. The van der Waals surface area contributed by atoms with Gasteiger partial charge in [-0.2, -0.15) is 0 Å². The van der Waals surface area contributed by atoms with Crippen molar-refractivity contribution in [3.8, 4) is 0 Å². The first-order valence-electron chi connectivity index (χ1n) is 8.79. The number of hydrogen-bond donors (Lipinski definition) is 0. The van der Waals surface area contributed by atoms with Gasteiger partial charge in [0.15, 0.2) is 0 Å². The van der Waals surface area contributed by atoms with Crippen LogP contribution in [0.1, 0.15) is 91.9 Å². The molecular formula is C18H36O2. The van der Waals surface area contributed by atoms with Crippen LogP contribution in [0.3, 0.4) is 0 Å². The highest BCUT2D eigenvalue weighted by Gasteiger charge is 2.11. The van der Waals surface area contributed by atoms with Crippen LogP contribution in [-0.4, -0.2) is 12.6 Å². The molecular weight excluding hydrogens is 248 g/mol. The Balaban J connectivity index is 3.75. The lowest BCUT2D eigenvalue weighted by Gasteiger charge is -2.16. The van der Waals surface area contributed by atoms with Crippen molar-refractivity contribution >= 4 is 5.97 Å². The van der Waals surface area contributed by atoms with Crippen molar-refractivity contribution in [2.45, 2.75) is 91.9 Å². The Morgan fingerprint density at radius 3 is 2.30 bits per heavy atom. The fourth-order valence-corrected chi connectivity index (χ4v) is 2.48. The SMILES string of the molecule is CCCCCC(CCC)COC(=O)CCCC(C)CC. The number of esters is 1. The highest BCUT2D eigenvalue weighted by Crippen LogP contribution is 2.17. The van der Waals surface area contributed by atoms with E-state index in [1.807, 2.05) is 0 Å². The Morgan fingerprint density at radius 1 is 0.950 bits per heavy atom. The van der Waals surface area contributed by atoms with Crippen molar-refractivity contribution in [2.75, 3.05) is 6.61 Å². The number of carbonyl (C=O) groups excluding carboxylic acids is 1. The lowest BCUT2D eigenvalue weighted by atomic mass is 9.97. The summed E-state index contributed by atoms with van der Waals surface area (Å²) >= 11 is 0. The van der Waals surface area contributed by atoms with Crippen molar-refractivity contribution in [1.29, 1.82) is 0 Å². The summed E-state index contributed by atoms with van der Waals surface area (Å²) in [6, 6.07) is 0. The average molecular weight is 284 g/mol. The minimum atomic E-state index is 0.00453. The fourth-order valence-electron chi connectivity index (χ4n) is 2.48. The predicted octanol–water partition coefficient (Wildman–Crippen LogP) is 5.74. The van der Waals surface area contributed by atoms with Gasteiger partial charge in [-0.25, -0.2) is 0 Å². The molecule has 0 N–H and O–H groups in total. The fraction of sp³-hybridized carbons (Fsp3) is 0.944. The summed E-state index contributed by atoms with van der Waals surface area (Å²) in [5, 5.41) is 0.